The molecule has 0 aliphatic heterocycles. The fourth-order valence-electron chi connectivity index (χ4n) is 3.31. The number of methoxy groups -OCH3 is 1. The zero-order valence-corrected chi connectivity index (χ0v) is 17.0. The monoisotopic (exact) mass is 433 g/mol. The molecular weight excluding hydrogens is 410 g/mol. The third-order valence-electron chi connectivity index (χ3n) is 4.57. The molecule has 27 heavy (non-hydrogen) atoms. The number of hydrogen-bond donors (Lipinski definition) is 3. The zero-order valence-electron chi connectivity index (χ0n) is 15.5. The number of amides is 1. The number of nitrogens with one attached hydrogen (secondary N) is 3. The number of hydrogen-bond acceptors (Lipinski definition) is 6. The smallest absolute Gasteiger partial charge is 0.229 e. The van der Waals surface area contributed by atoms with Gasteiger partial charge in [-0.15, -0.1) is 0 Å². The van der Waals surface area contributed by atoms with Crippen molar-refractivity contribution in [2.24, 2.45) is 0 Å². The molecule has 8 heteroatoms. The Balaban J connectivity index is 1.77. The number of aromatic nitrogens is 2. The molecule has 2 atom stereocenters. The summed E-state index contributed by atoms with van der Waals surface area (Å²) in [7, 11) is 1.63. The lowest BCUT2D eigenvalue weighted by Crippen LogP contribution is -2.48. The maximum atomic E-state index is 11.5. The highest BCUT2D eigenvalue weighted by atomic mass is 79.9. The molecule has 1 aliphatic rings. The van der Waals surface area contributed by atoms with Gasteiger partial charge in [-0.3, -0.25) is 4.79 Å². The van der Waals surface area contributed by atoms with E-state index >= 15 is 0 Å². The summed E-state index contributed by atoms with van der Waals surface area (Å²) < 4.78 is 6.14. The van der Waals surface area contributed by atoms with Crippen molar-refractivity contribution in [3.63, 3.8) is 0 Å². The fourth-order valence-corrected chi connectivity index (χ4v) is 3.62. The van der Waals surface area contributed by atoms with Crippen molar-refractivity contribution in [3.05, 3.63) is 34.9 Å². The van der Waals surface area contributed by atoms with Crippen molar-refractivity contribution in [2.75, 3.05) is 17.7 Å². The Hall–Kier alpha value is -2.35. The van der Waals surface area contributed by atoms with Crippen molar-refractivity contribution in [3.8, 4) is 5.75 Å². The summed E-state index contributed by atoms with van der Waals surface area (Å²) in [5, 5.41) is 9.72. The van der Waals surface area contributed by atoms with Crippen molar-refractivity contribution in [1.82, 2.24) is 15.3 Å². The normalized spacial score (nSPS) is 19.2. The molecule has 1 amide bonds. The van der Waals surface area contributed by atoms with Crippen molar-refractivity contribution < 1.29 is 9.53 Å². The first-order valence-corrected chi connectivity index (χ1v) is 9.82. The van der Waals surface area contributed by atoms with Gasteiger partial charge in [-0.2, -0.15) is 4.98 Å². The van der Waals surface area contributed by atoms with Gasteiger partial charge in [0.1, 0.15) is 11.6 Å². The Kier molecular flexibility index (Phi) is 6.49. The van der Waals surface area contributed by atoms with Crippen LogP contribution in [-0.2, 0) is 4.79 Å². The minimum absolute atomic E-state index is 0.00557. The summed E-state index contributed by atoms with van der Waals surface area (Å²) in [5.41, 5.74) is 0.794. The molecule has 144 valence electrons. The van der Waals surface area contributed by atoms with Crippen LogP contribution in [0.15, 0.2) is 34.9 Å². The average Bonchev–Trinajstić information content (AvgIpc) is 2.66. The van der Waals surface area contributed by atoms with E-state index in [1.165, 1.54) is 0 Å². The molecule has 0 saturated heterocycles. The highest BCUT2D eigenvalue weighted by Gasteiger charge is 2.26. The quantitative estimate of drug-likeness (QED) is 0.640. The molecule has 1 aromatic carbocycles. The Morgan fingerprint density at radius 2 is 1.96 bits per heavy atom. The molecule has 3 N–H and O–H groups in total. The lowest BCUT2D eigenvalue weighted by Gasteiger charge is -2.33. The number of rotatable bonds is 6. The van der Waals surface area contributed by atoms with Gasteiger partial charge in [-0.1, -0.05) is 25.0 Å². The van der Waals surface area contributed by atoms with Crippen molar-refractivity contribution >= 4 is 39.3 Å². The second kappa shape index (κ2) is 9.03. The van der Waals surface area contributed by atoms with Gasteiger partial charge in [0, 0.05) is 25.2 Å². The predicted molar refractivity (Wildman–Crippen MR) is 109 cm³/mol. The van der Waals surface area contributed by atoms with Crippen LogP contribution in [0, 0.1) is 0 Å². The van der Waals surface area contributed by atoms with Gasteiger partial charge in [0.25, 0.3) is 0 Å². The lowest BCUT2D eigenvalue weighted by molar-refractivity contribution is -0.119. The van der Waals surface area contributed by atoms with E-state index in [2.05, 4.69) is 41.8 Å². The van der Waals surface area contributed by atoms with Crippen LogP contribution in [0.2, 0.25) is 0 Å². The van der Waals surface area contributed by atoms with Gasteiger partial charge in [0.2, 0.25) is 11.9 Å². The molecular formula is C19H24BrN5O2. The SMILES string of the molecule is COc1ccccc1Nc1ncc(Br)c(NC2CCCCC2NC(C)=O)n1. The largest absolute Gasteiger partial charge is 0.495 e. The molecule has 1 heterocycles. The number of anilines is 3. The van der Waals surface area contributed by atoms with Gasteiger partial charge in [-0.05, 0) is 40.9 Å². The number of halogens is 1. The number of carbonyl (C=O) groups is 1. The number of ether oxygens (including phenoxy) is 1. The Morgan fingerprint density at radius 3 is 2.70 bits per heavy atom. The molecule has 1 fully saturated rings. The second-order valence-corrected chi connectivity index (χ2v) is 7.41. The summed E-state index contributed by atoms with van der Waals surface area (Å²) >= 11 is 3.51. The topological polar surface area (TPSA) is 88.2 Å². The second-order valence-electron chi connectivity index (χ2n) is 6.56. The standard InChI is InChI=1S/C19H24BrN5O2/c1-12(26)22-14-7-3-4-8-15(14)23-18-13(20)11-21-19(25-18)24-16-9-5-6-10-17(16)27-2/h5-6,9-11,14-15H,3-4,7-8H2,1-2H3,(H,22,26)(H2,21,23,24,25). The number of para-hydroxylation sites is 2. The molecule has 0 bridgehead atoms. The van der Waals surface area contributed by atoms with Gasteiger partial charge >= 0.3 is 0 Å². The molecule has 1 saturated carbocycles. The van der Waals surface area contributed by atoms with Crippen LogP contribution >= 0.6 is 15.9 Å². The van der Waals surface area contributed by atoms with E-state index in [0.29, 0.717) is 11.8 Å². The molecule has 2 unspecified atom stereocenters. The first-order chi connectivity index (χ1) is 13.1. The first-order valence-electron chi connectivity index (χ1n) is 9.03. The maximum Gasteiger partial charge on any atom is 0.229 e. The van der Waals surface area contributed by atoms with E-state index in [9.17, 15) is 4.79 Å². The first kappa shape index (κ1) is 19.4. The van der Waals surface area contributed by atoms with Gasteiger partial charge in [0.15, 0.2) is 0 Å². The summed E-state index contributed by atoms with van der Waals surface area (Å²) in [6.45, 7) is 1.56. The highest BCUT2D eigenvalue weighted by Crippen LogP contribution is 2.29. The molecule has 0 radical (unpaired) electrons. The third kappa shape index (κ3) is 5.09. The lowest BCUT2D eigenvalue weighted by atomic mass is 9.90. The Morgan fingerprint density at radius 1 is 1.22 bits per heavy atom. The molecule has 1 aliphatic carbocycles. The Bertz CT molecular complexity index is 801. The summed E-state index contributed by atoms with van der Waals surface area (Å²) in [5.74, 6) is 1.88. The fraction of sp³-hybridized carbons (Fsp3) is 0.421. The van der Waals surface area contributed by atoms with Gasteiger partial charge in [-0.25, -0.2) is 4.98 Å². The van der Waals surface area contributed by atoms with E-state index in [4.69, 9.17) is 4.74 Å². The predicted octanol–water partition coefficient (Wildman–Crippen LogP) is 3.85. The van der Waals surface area contributed by atoms with Crippen LogP contribution in [-0.4, -0.2) is 35.1 Å². The van der Waals surface area contributed by atoms with Crippen molar-refractivity contribution in [2.45, 2.75) is 44.7 Å². The van der Waals surface area contributed by atoms with E-state index in [0.717, 1.165) is 41.6 Å². The van der Waals surface area contributed by atoms with Crippen LogP contribution in [0.3, 0.4) is 0 Å². The number of nitrogens with zero attached hydrogens (tertiary/aromatic N) is 2. The minimum Gasteiger partial charge on any atom is -0.495 e. The molecule has 2 aromatic rings. The minimum atomic E-state index is -0.00557. The van der Waals surface area contributed by atoms with Crippen LogP contribution < -0.4 is 20.7 Å². The molecule has 7 nitrogen and oxygen atoms in total. The summed E-state index contributed by atoms with van der Waals surface area (Å²) in [6, 6.07) is 7.84. The van der Waals surface area contributed by atoms with E-state index in [1.807, 2.05) is 24.3 Å². The maximum absolute atomic E-state index is 11.5. The number of benzene rings is 1. The Labute approximate surface area is 167 Å². The van der Waals surface area contributed by atoms with Crippen LogP contribution in [0.5, 0.6) is 5.75 Å². The highest BCUT2D eigenvalue weighted by molar-refractivity contribution is 9.10. The molecule has 3 rings (SSSR count). The van der Waals surface area contributed by atoms with Crippen LogP contribution in [0.25, 0.3) is 0 Å². The van der Waals surface area contributed by atoms with E-state index < -0.39 is 0 Å². The summed E-state index contributed by atoms with van der Waals surface area (Å²) in [6.07, 6.45) is 5.91. The summed E-state index contributed by atoms with van der Waals surface area (Å²) in [4.78, 5) is 20.4. The molecule has 0 spiro atoms. The van der Waals surface area contributed by atoms with E-state index in [-0.39, 0.29) is 18.0 Å². The average molecular weight is 434 g/mol. The third-order valence-corrected chi connectivity index (χ3v) is 5.15. The molecule has 1 aromatic heterocycles. The zero-order chi connectivity index (χ0) is 19.2. The van der Waals surface area contributed by atoms with Crippen LogP contribution in [0.4, 0.5) is 17.5 Å². The van der Waals surface area contributed by atoms with Crippen molar-refractivity contribution in [1.29, 1.82) is 0 Å². The van der Waals surface area contributed by atoms with Crippen LogP contribution in [0.1, 0.15) is 32.6 Å². The van der Waals surface area contributed by atoms with E-state index in [1.54, 1.807) is 20.2 Å². The van der Waals surface area contributed by atoms with Gasteiger partial charge < -0.3 is 20.7 Å². The van der Waals surface area contributed by atoms with Gasteiger partial charge in [0.05, 0.1) is 17.3 Å². The number of carbonyl (C=O) groups excluding carboxylic acids is 1.